The third kappa shape index (κ3) is 3.32. The number of halogens is 1. The van der Waals surface area contributed by atoms with Gasteiger partial charge in [-0.25, -0.2) is 4.39 Å². The Morgan fingerprint density at radius 1 is 1.53 bits per heavy atom. The van der Waals surface area contributed by atoms with Crippen LogP contribution >= 0.6 is 0 Å². The maximum Gasteiger partial charge on any atom is 0.254 e. The van der Waals surface area contributed by atoms with E-state index in [1.54, 1.807) is 26.2 Å². The van der Waals surface area contributed by atoms with E-state index in [4.69, 9.17) is 4.74 Å². The smallest absolute Gasteiger partial charge is 0.254 e. The molecular formula is C11H14FNO2. The van der Waals surface area contributed by atoms with Gasteiger partial charge in [0.1, 0.15) is 5.82 Å². The first kappa shape index (κ1) is 11.7. The summed E-state index contributed by atoms with van der Waals surface area (Å²) in [7, 11) is 1.55. The van der Waals surface area contributed by atoms with Crippen LogP contribution in [0.1, 0.15) is 17.3 Å². The molecule has 0 aromatic heterocycles. The molecule has 0 aliphatic heterocycles. The summed E-state index contributed by atoms with van der Waals surface area (Å²) in [6, 6.07) is 5.74. The monoisotopic (exact) mass is 211 g/mol. The van der Waals surface area contributed by atoms with E-state index in [1.165, 1.54) is 12.1 Å². The Kier molecular flexibility index (Phi) is 4.24. The standard InChI is InChI=1S/C11H14FNO2/c1-8(7-15-2)13-11(14)9-5-3-4-6-10(9)12/h3-6,8H,7H2,1-2H3,(H,13,14)/t8-/m0/s1. The topological polar surface area (TPSA) is 38.3 Å². The normalized spacial score (nSPS) is 12.2. The second-order valence-corrected chi connectivity index (χ2v) is 3.31. The second kappa shape index (κ2) is 5.46. The first-order valence-corrected chi connectivity index (χ1v) is 4.69. The summed E-state index contributed by atoms with van der Waals surface area (Å²) < 4.78 is 18.0. The highest BCUT2D eigenvalue weighted by molar-refractivity contribution is 5.94. The Morgan fingerprint density at radius 3 is 2.80 bits per heavy atom. The summed E-state index contributed by atoms with van der Waals surface area (Å²) in [5.41, 5.74) is 0.0560. The van der Waals surface area contributed by atoms with Gasteiger partial charge in [0.05, 0.1) is 12.2 Å². The molecule has 1 atom stereocenters. The van der Waals surface area contributed by atoms with Crippen molar-refractivity contribution in [2.45, 2.75) is 13.0 Å². The number of hydrogen-bond acceptors (Lipinski definition) is 2. The van der Waals surface area contributed by atoms with E-state index in [-0.39, 0.29) is 11.6 Å². The van der Waals surface area contributed by atoms with Crippen molar-refractivity contribution in [1.29, 1.82) is 0 Å². The van der Waals surface area contributed by atoms with Gasteiger partial charge in [-0.2, -0.15) is 0 Å². The molecule has 15 heavy (non-hydrogen) atoms. The van der Waals surface area contributed by atoms with Gasteiger partial charge in [-0.15, -0.1) is 0 Å². The SMILES string of the molecule is COC[C@H](C)NC(=O)c1ccccc1F. The number of amides is 1. The van der Waals surface area contributed by atoms with Crippen LogP contribution < -0.4 is 5.32 Å². The molecule has 0 aliphatic carbocycles. The quantitative estimate of drug-likeness (QED) is 0.821. The first-order valence-electron chi connectivity index (χ1n) is 4.69. The van der Waals surface area contributed by atoms with Crippen LogP contribution in [0.3, 0.4) is 0 Å². The molecule has 0 saturated carbocycles. The minimum atomic E-state index is -0.514. The van der Waals surface area contributed by atoms with Gasteiger partial charge in [0.15, 0.2) is 0 Å². The molecule has 0 radical (unpaired) electrons. The molecule has 1 rings (SSSR count). The van der Waals surface area contributed by atoms with Crippen molar-refractivity contribution < 1.29 is 13.9 Å². The molecule has 0 fully saturated rings. The summed E-state index contributed by atoms with van der Waals surface area (Å²) in [6.07, 6.45) is 0. The fraction of sp³-hybridized carbons (Fsp3) is 0.364. The molecule has 0 aliphatic rings. The van der Waals surface area contributed by atoms with Gasteiger partial charge >= 0.3 is 0 Å². The Bertz CT molecular complexity index is 341. The zero-order valence-electron chi connectivity index (χ0n) is 8.79. The number of benzene rings is 1. The van der Waals surface area contributed by atoms with Crippen LogP contribution in [0.5, 0.6) is 0 Å². The molecule has 0 spiro atoms. The zero-order chi connectivity index (χ0) is 11.3. The van der Waals surface area contributed by atoms with Crippen LogP contribution in [0.15, 0.2) is 24.3 Å². The van der Waals surface area contributed by atoms with E-state index in [0.29, 0.717) is 6.61 Å². The third-order valence-corrected chi connectivity index (χ3v) is 1.91. The van der Waals surface area contributed by atoms with E-state index in [2.05, 4.69) is 5.32 Å². The van der Waals surface area contributed by atoms with Crippen molar-refractivity contribution in [2.75, 3.05) is 13.7 Å². The minimum Gasteiger partial charge on any atom is -0.383 e. The Morgan fingerprint density at radius 2 is 2.20 bits per heavy atom. The van der Waals surface area contributed by atoms with Crippen molar-refractivity contribution in [3.05, 3.63) is 35.6 Å². The van der Waals surface area contributed by atoms with Crippen molar-refractivity contribution in [3.8, 4) is 0 Å². The lowest BCUT2D eigenvalue weighted by molar-refractivity contribution is 0.0901. The van der Waals surface area contributed by atoms with Crippen LogP contribution in [0.2, 0.25) is 0 Å². The highest BCUT2D eigenvalue weighted by Gasteiger charge is 2.12. The highest BCUT2D eigenvalue weighted by atomic mass is 19.1. The predicted octanol–water partition coefficient (Wildman–Crippen LogP) is 1.59. The lowest BCUT2D eigenvalue weighted by Gasteiger charge is -2.12. The first-order chi connectivity index (χ1) is 7.15. The number of hydrogen-bond donors (Lipinski definition) is 1. The molecule has 82 valence electrons. The summed E-state index contributed by atoms with van der Waals surface area (Å²) in [5.74, 6) is -0.933. The van der Waals surface area contributed by atoms with Crippen LogP contribution in [0.25, 0.3) is 0 Å². The third-order valence-electron chi connectivity index (χ3n) is 1.91. The van der Waals surface area contributed by atoms with Crippen molar-refractivity contribution in [2.24, 2.45) is 0 Å². The largest absolute Gasteiger partial charge is 0.383 e. The molecule has 0 heterocycles. The van der Waals surface area contributed by atoms with Crippen molar-refractivity contribution in [1.82, 2.24) is 5.32 Å². The molecule has 0 saturated heterocycles. The van der Waals surface area contributed by atoms with E-state index >= 15 is 0 Å². The van der Waals surface area contributed by atoms with Gasteiger partial charge in [-0.1, -0.05) is 12.1 Å². The molecule has 0 bridgehead atoms. The number of nitrogens with one attached hydrogen (secondary N) is 1. The summed E-state index contributed by atoms with van der Waals surface area (Å²) >= 11 is 0. The predicted molar refractivity (Wildman–Crippen MR) is 55.2 cm³/mol. The van der Waals surface area contributed by atoms with Crippen molar-refractivity contribution >= 4 is 5.91 Å². The number of methoxy groups -OCH3 is 1. The van der Waals surface area contributed by atoms with E-state index in [1.807, 2.05) is 0 Å². The lowest BCUT2D eigenvalue weighted by atomic mass is 10.2. The fourth-order valence-corrected chi connectivity index (χ4v) is 1.24. The van der Waals surface area contributed by atoms with Gasteiger partial charge in [-0.05, 0) is 19.1 Å². The molecule has 3 nitrogen and oxygen atoms in total. The minimum absolute atomic E-state index is 0.0560. The molecule has 1 aromatic carbocycles. The molecule has 1 N–H and O–H groups in total. The summed E-state index contributed by atoms with van der Waals surface area (Å²) in [6.45, 7) is 2.20. The molecule has 4 heteroatoms. The van der Waals surface area contributed by atoms with E-state index in [0.717, 1.165) is 0 Å². The van der Waals surface area contributed by atoms with Crippen molar-refractivity contribution in [3.63, 3.8) is 0 Å². The molecule has 1 amide bonds. The Balaban J connectivity index is 2.65. The van der Waals surface area contributed by atoms with Crippen LogP contribution in [-0.2, 0) is 4.74 Å². The Labute approximate surface area is 88.2 Å². The van der Waals surface area contributed by atoms with Gasteiger partial charge in [0, 0.05) is 13.2 Å². The number of rotatable bonds is 4. The lowest BCUT2D eigenvalue weighted by Crippen LogP contribution is -2.36. The maximum absolute atomic E-state index is 13.2. The summed E-state index contributed by atoms with van der Waals surface area (Å²) in [5, 5.41) is 2.63. The second-order valence-electron chi connectivity index (χ2n) is 3.31. The molecule has 1 aromatic rings. The highest BCUT2D eigenvalue weighted by Crippen LogP contribution is 2.06. The molecular weight excluding hydrogens is 197 g/mol. The van der Waals surface area contributed by atoms with E-state index < -0.39 is 11.7 Å². The number of ether oxygens (including phenoxy) is 1. The van der Waals surface area contributed by atoms with Crippen LogP contribution in [0, 0.1) is 5.82 Å². The van der Waals surface area contributed by atoms with Gasteiger partial charge < -0.3 is 10.1 Å². The summed E-state index contributed by atoms with van der Waals surface area (Å²) in [4.78, 5) is 11.5. The zero-order valence-corrected chi connectivity index (χ0v) is 8.79. The Hall–Kier alpha value is -1.42. The van der Waals surface area contributed by atoms with Gasteiger partial charge in [0.2, 0.25) is 0 Å². The molecule has 0 unspecified atom stereocenters. The average Bonchev–Trinajstić information content (AvgIpc) is 2.18. The maximum atomic E-state index is 13.2. The number of carbonyl (C=O) groups excluding carboxylic acids is 1. The fourth-order valence-electron chi connectivity index (χ4n) is 1.24. The number of carbonyl (C=O) groups is 1. The van der Waals surface area contributed by atoms with E-state index in [9.17, 15) is 9.18 Å². The van der Waals surface area contributed by atoms with Gasteiger partial charge in [0.25, 0.3) is 5.91 Å². The average molecular weight is 211 g/mol. The van der Waals surface area contributed by atoms with Crippen LogP contribution in [-0.4, -0.2) is 25.7 Å². The van der Waals surface area contributed by atoms with Gasteiger partial charge in [-0.3, -0.25) is 4.79 Å². The van der Waals surface area contributed by atoms with Crippen LogP contribution in [0.4, 0.5) is 4.39 Å².